The molecule has 17 heavy (non-hydrogen) atoms. The fourth-order valence-electron chi connectivity index (χ4n) is 3.36. The number of unbranched alkanes of at least 4 members (excludes halogenated alkanes) is 2. The minimum Gasteiger partial charge on any atom is -0.396 e. The number of aliphatic hydroxyl groups is 1. The summed E-state index contributed by atoms with van der Waals surface area (Å²) in [4.78, 5) is 14.1. The Kier molecular flexibility index (Phi) is 4.43. The lowest BCUT2D eigenvalue weighted by Gasteiger charge is -2.17. The van der Waals surface area contributed by atoms with E-state index in [1.54, 1.807) is 0 Å². The van der Waals surface area contributed by atoms with Gasteiger partial charge in [0.1, 0.15) is 0 Å². The Morgan fingerprint density at radius 1 is 1.18 bits per heavy atom. The molecule has 0 aromatic carbocycles. The number of rotatable bonds is 6. The largest absolute Gasteiger partial charge is 0.396 e. The monoisotopic (exact) mass is 239 g/mol. The number of aliphatic hydroxyl groups excluding tert-OH is 1. The van der Waals surface area contributed by atoms with Crippen LogP contribution in [0.4, 0.5) is 0 Å². The first-order chi connectivity index (χ1) is 8.25. The van der Waals surface area contributed by atoms with E-state index in [0.29, 0.717) is 11.8 Å². The number of hydrogen-bond donors (Lipinski definition) is 1. The summed E-state index contributed by atoms with van der Waals surface area (Å²) in [5.74, 6) is 2.18. The fourth-order valence-corrected chi connectivity index (χ4v) is 3.36. The van der Waals surface area contributed by atoms with E-state index < -0.39 is 0 Å². The first-order valence-corrected chi connectivity index (χ1v) is 7.11. The molecule has 0 heterocycles. The molecule has 3 nitrogen and oxygen atoms in total. The first kappa shape index (κ1) is 12.9. The van der Waals surface area contributed by atoms with Crippen LogP contribution in [0.25, 0.3) is 0 Å². The number of carbonyl (C=O) groups excluding carboxylic acids is 1. The summed E-state index contributed by atoms with van der Waals surface area (Å²) in [5, 5.41) is 8.70. The lowest BCUT2D eigenvalue weighted by Crippen LogP contribution is -2.30. The van der Waals surface area contributed by atoms with Gasteiger partial charge in [0.25, 0.3) is 0 Å². The van der Waals surface area contributed by atoms with Crippen LogP contribution in [-0.2, 0) is 4.79 Å². The smallest absolute Gasteiger partial charge is 0.226 e. The second-order valence-electron chi connectivity index (χ2n) is 5.68. The van der Waals surface area contributed by atoms with Crippen LogP contribution in [0.1, 0.15) is 44.9 Å². The molecule has 0 aromatic heterocycles. The molecule has 2 aliphatic rings. The highest BCUT2D eigenvalue weighted by Gasteiger charge is 2.55. The van der Waals surface area contributed by atoms with Crippen molar-refractivity contribution in [3.05, 3.63) is 0 Å². The molecule has 0 aromatic rings. The highest BCUT2D eigenvalue weighted by Crippen LogP contribution is 2.55. The normalized spacial score (nSPS) is 30.8. The number of carbonyl (C=O) groups is 1. The molecule has 1 N–H and O–H groups in total. The Hall–Kier alpha value is -0.570. The zero-order chi connectivity index (χ0) is 12.3. The molecule has 3 heteroatoms. The number of fused-ring (bicyclic) bond motifs is 1. The van der Waals surface area contributed by atoms with Crippen LogP contribution < -0.4 is 0 Å². The van der Waals surface area contributed by atoms with Crippen molar-refractivity contribution < 1.29 is 9.90 Å². The van der Waals surface area contributed by atoms with E-state index in [9.17, 15) is 4.79 Å². The maximum Gasteiger partial charge on any atom is 0.226 e. The second-order valence-corrected chi connectivity index (χ2v) is 5.68. The molecular weight excluding hydrogens is 214 g/mol. The van der Waals surface area contributed by atoms with E-state index >= 15 is 0 Å². The lowest BCUT2D eigenvalue weighted by atomic mass is 10.0. The molecule has 2 rings (SSSR count). The highest BCUT2D eigenvalue weighted by atomic mass is 16.2. The third kappa shape index (κ3) is 3.01. The molecule has 0 spiro atoms. The van der Waals surface area contributed by atoms with Gasteiger partial charge < -0.3 is 10.0 Å². The summed E-state index contributed by atoms with van der Waals surface area (Å²) >= 11 is 0. The van der Waals surface area contributed by atoms with Gasteiger partial charge >= 0.3 is 0 Å². The van der Waals surface area contributed by atoms with Crippen molar-refractivity contribution in [1.29, 1.82) is 0 Å². The summed E-state index contributed by atoms with van der Waals surface area (Å²) < 4.78 is 0. The van der Waals surface area contributed by atoms with Gasteiger partial charge in [0, 0.05) is 26.1 Å². The molecule has 1 amide bonds. The van der Waals surface area contributed by atoms with Crippen LogP contribution >= 0.6 is 0 Å². The summed E-state index contributed by atoms with van der Waals surface area (Å²) in [5.41, 5.74) is 0. The van der Waals surface area contributed by atoms with E-state index in [0.717, 1.165) is 37.6 Å². The molecule has 2 saturated carbocycles. The van der Waals surface area contributed by atoms with Crippen molar-refractivity contribution in [3.8, 4) is 0 Å². The Morgan fingerprint density at radius 3 is 2.41 bits per heavy atom. The van der Waals surface area contributed by atoms with Gasteiger partial charge in [0.05, 0.1) is 0 Å². The third-order valence-electron chi connectivity index (χ3n) is 4.47. The van der Waals surface area contributed by atoms with Crippen molar-refractivity contribution in [2.45, 2.75) is 44.9 Å². The standard InChI is InChI=1S/C14H25NO2/c1-15(9-5-2-6-10-16)14(17)13-11-7-3-4-8-12(11)13/h11-13,16H,2-10H2,1H3. The molecule has 0 saturated heterocycles. The average molecular weight is 239 g/mol. The van der Waals surface area contributed by atoms with E-state index in [2.05, 4.69) is 0 Å². The van der Waals surface area contributed by atoms with Crippen molar-refractivity contribution in [1.82, 2.24) is 4.90 Å². The Morgan fingerprint density at radius 2 is 1.82 bits per heavy atom. The molecule has 0 aliphatic heterocycles. The van der Waals surface area contributed by atoms with Gasteiger partial charge in [-0.05, 0) is 43.9 Å². The van der Waals surface area contributed by atoms with Gasteiger partial charge in [0.15, 0.2) is 0 Å². The molecule has 2 aliphatic carbocycles. The maximum absolute atomic E-state index is 12.2. The van der Waals surface area contributed by atoms with Gasteiger partial charge in [-0.25, -0.2) is 0 Å². The predicted molar refractivity (Wildman–Crippen MR) is 67.5 cm³/mol. The minimum absolute atomic E-state index is 0.268. The topological polar surface area (TPSA) is 40.5 Å². The molecule has 0 bridgehead atoms. The first-order valence-electron chi connectivity index (χ1n) is 7.11. The zero-order valence-corrected chi connectivity index (χ0v) is 10.9. The Bertz CT molecular complexity index is 255. The summed E-state index contributed by atoms with van der Waals surface area (Å²) in [6, 6.07) is 0. The van der Waals surface area contributed by atoms with Crippen molar-refractivity contribution in [3.63, 3.8) is 0 Å². The summed E-state index contributed by atoms with van der Waals surface area (Å²) in [6.07, 6.45) is 8.10. The van der Waals surface area contributed by atoms with Gasteiger partial charge in [-0.2, -0.15) is 0 Å². The van der Waals surface area contributed by atoms with Gasteiger partial charge in [-0.3, -0.25) is 4.79 Å². The van der Waals surface area contributed by atoms with Crippen LogP contribution in [0, 0.1) is 17.8 Å². The summed E-state index contributed by atoms with van der Waals surface area (Å²) in [6.45, 7) is 1.12. The fraction of sp³-hybridized carbons (Fsp3) is 0.929. The van der Waals surface area contributed by atoms with Crippen molar-refractivity contribution in [2.24, 2.45) is 17.8 Å². The van der Waals surface area contributed by atoms with Crippen molar-refractivity contribution in [2.75, 3.05) is 20.2 Å². The highest BCUT2D eigenvalue weighted by molar-refractivity contribution is 5.82. The maximum atomic E-state index is 12.2. The molecule has 2 atom stereocenters. The molecule has 2 unspecified atom stereocenters. The molecular formula is C14H25NO2. The molecule has 98 valence electrons. The van der Waals surface area contributed by atoms with Crippen LogP contribution in [-0.4, -0.2) is 36.1 Å². The summed E-state index contributed by atoms with van der Waals surface area (Å²) in [7, 11) is 1.94. The van der Waals surface area contributed by atoms with Crippen LogP contribution in [0.2, 0.25) is 0 Å². The number of hydrogen-bond acceptors (Lipinski definition) is 2. The molecule has 2 fully saturated rings. The average Bonchev–Trinajstić information content (AvgIpc) is 3.07. The van der Waals surface area contributed by atoms with Gasteiger partial charge in [-0.15, -0.1) is 0 Å². The Balaban J connectivity index is 1.69. The van der Waals surface area contributed by atoms with Crippen LogP contribution in [0.5, 0.6) is 0 Å². The van der Waals surface area contributed by atoms with E-state index in [4.69, 9.17) is 5.11 Å². The predicted octanol–water partition coefficient (Wildman–Crippen LogP) is 2.04. The number of nitrogens with zero attached hydrogens (tertiary/aromatic N) is 1. The third-order valence-corrected chi connectivity index (χ3v) is 4.47. The van der Waals surface area contributed by atoms with E-state index in [1.165, 1.54) is 25.7 Å². The molecule has 0 radical (unpaired) electrons. The van der Waals surface area contributed by atoms with Crippen LogP contribution in [0.15, 0.2) is 0 Å². The van der Waals surface area contributed by atoms with E-state index in [-0.39, 0.29) is 6.61 Å². The SMILES string of the molecule is CN(CCCCCO)C(=O)C1C2CCCCC21. The number of amides is 1. The minimum atomic E-state index is 0.268. The zero-order valence-electron chi connectivity index (χ0n) is 10.9. The van der Waals surface area contributed by atoms with Gasteiger partial charge in [-0.1, -0.05) is 12.8 Å². The van der Waals surface area contributed by atoms with Crippen molar-refractivity contribution >= 4 is 5.91 Å². The van der Waals surface area contributed by atoms with Gasteiger partial charge in [0.2, 0.25) is 5.91 Å². The Labute approximate surface area is 104 Å². The quantitative estimate of drug-likeness (QED) is 0.721. The van der Waals surface area contributed by atoms with E-state index in [1.807, 2.05) is 11.9 Å². The second kappa shape index (κ2) is 5.85. The van der Waals surface area contributed by atoms with Crippen LogP contribution in [0.3, 0.4) is 0 Å². The lowest BCUT2D eigenvalue weighted by molar-refractivity contribution is -0.131.